The van der Waals surface area contributed by atoms with E-state index in [0.29, 0.717) is 0 Å². The lowest BCUT2D eigenvalue weighted by Crippen LogP contribution is -2.22. The molecule has 0 aromatic rings. The number of hydrogen-bond donors (Lipinski definition) is 3. The molecule has 0 aliphatic heterocycles. The first kappa shape index (κ1) is 11.2. The summed E-state index contributed by atoms with van der Waals surface area (Å²) in [4.78, 5) is 19.4. The molecule has 1 atom stereocenters. The Hall–Kier alpha value is -1.88. The Kier molecular flexibility index (Phi) is 3.41. The quantitative estimate of drug-likeness (QED) is 0.688. The Morgan fingerprint density at radius 2 is 1.73 bits per heavy atom. The molecule has 5 nitrogen and oxygen atoms in total. The van der Waals surface area contributed by atoms with Crippen LogP contribution in [0.5, 0.6) is 0 Å². The van der Waals surface area contributed by atoms with Crippen molar-refractivity contribution in [1.29, 1.82) is 0 Å². The molecule has 0 spiro atoms. The van der Waals surface area contributed by atoms with E-state index in [1.807, 2.05) is 0 Å². The summed E-state index contributed by atoms with van der Waals surface area (Å²) in [7, 11) is 0. The Morgan fingerprint density at radius 3 is 1.87 bits per heavy atom. The molecule has 80 valence electrons. The number of aliphatic carboxylic acids is 2. The van der Waals surface area contributed by atoms with E-state index in [0.717, 1.165) is 0 Å². The topological polar surface area (TPSA) is 94.8 Å². The number of rotatable bonds is 3. The summed E-state index contributed by atoms with van der Waals surface area (Å²) >= 11 is 0. The largest absolute Gasteiger partial charge is 0.481 e. The molecule has 0 heterocycles. The fourth-order valence-electron chi connectivity index (χ4n) is 0.928. The van der Waals surface area contributed by atoms with E-state index >= 15 is 0 Å². The fraction of sp³-hybridized carbons (Fsp3) is 0.200. The zero-order valence-corrected chi connectivity index (χ0v) is 7.75. The molecule has 0 aromatic heterocycles. The summed E-state index contributed by atoms with van der Waals surface area (Å²) in [5.41, 5.74) is 2.85. The molecule has 3 N–H and O–H groups in total. The van der Waals surface area contributed by atoms with Gasteiger partial charge in [0.1, 0.15) is 0 Å². The van der Waals surface area contributed by atoms with Crippen LogP contribution in [0.25, 0.3) is 11.1 Å². The van der Waals surface area contributed by atoms with Crippen molar-refractivity contribution in [1.82, 2.24) is 0 Å². The molecule has 0 amide bonds. The van der Waals surface area contributed by atoms with Crippen LogP contribution in [0.4, 0.5) is 0 Å². The van der Waals surface area contributed by atoms with Gasteiger partial charge in [0, 0.05) is 0 Å². The minimum atomic E-state index is -1.79. The minimum Gasteiger partial charge on any atom is -0.481 e. The third kappa shape index (κ3) is 3.78. The lowest BCUT2D eigenvalue weighted by Gasteiger charge is -1.97. The first-order chi connectivity index (χ1) is 7.00. The molecule has 0 radical (unpaired) electrons. The summed E-state index contributed by atoms with van der Waals surface area (Å²) in [6.07, 6.45) is -2.54. The van der Waals surface area contributed by atoms with Crippen LogP contribution < -0.4 is 0 Å². The Morgan fingerprint density at radius 1 is 1.20 bits per heavy atom. The van der Waals surface area contributed by atoms with Crippen LogP contribution in [-0.4, -0.2) is 33.4 Å². The molecule has 1 unspecified atom stereocenters. The number of benzene rings is 1. The van der Waals surface area contributed by atoms with Gasteiger partial charge in [-0.05, 0) is 17.2 Å². The number of aliphatic hydroxyl groups is 1. The van der Waals surface area contributed by atoms with Gasteiger partial charge in [-0.15, -0.1) is 0 Å². The van der Waals surface area contributed by atoms with Crippen molar-refractivity contribution in [3.8, 4) is 11.1 Å². The van der Waals surface area contributed by atoms with Crippen molar-refractivity contribution >= 4 is 11.9 Å². The average molecular weight is 210 g/mol. The number of hydrogen-bond acceptors (Lipinski definition) is 3. The minimum absolute atomic E-state index is 0.755. The van der Waals surface area contributed by atoms with E-state index in [2.05, 4.69) is 24.3 Å². The Bertz CT molecular complexity index is 368. The average Bonchev–Trinajstić information content (AvgIpc) is 2.73. The summed E-state index contributed by atoms with van der Waals surface area (Å²) < 4.78 is 0. The van der Waals surface area contributed by atoms with Gasteiger partial charge < -0.3 is 15.3 Å². The van der Waals surface area contributed by atoms with Crippen LogP contribution in [-0.2, 0) is 9.59 Å². The highest BCUT2D eigenvalue weighted by molar-refractivity contribution is 5.80. The number of carboxylic acid groups (broad SMARTS) is 2. The van der Waals surface area contributed by atoms with Crippen molar-refractivity contribution in [2.75, 3.05) is 0 Å². The van der Waals surface area contributed by atoms with E-state index in [1.54, 1.807) is 0 Å². The van der Waals surface area contributed by atoms with Gasteiger partial charge in [-0.25, -0.2) is 4.79 Å². The molecule has 0 saturated heterocycles. The maximum Gasteiger partial charge on any atom is 0.333 e. The molecular weight excluding hydrogens is 200 g/mol. The van der Waals surface area contributed by atoms with Crippen LogP contribution in [0.3, 0.4) is 0 Å². The van der Waals surface area contributed by atoms with E-state index in [4.69, 9.17) is 15.3 Å². The maximum atomic E-state index is 9.72. The molecule has 0 fully saturated rings. The Balaban J connectivity index is 0.000000158. The van der Waals surface area contributed by atoms with Crippen molar-refractivity contribution in [3.05, 3.63) is 24.3 Å². The van der Waals surface area contributed by atoms with Crippen LogP contribution in [0.2, 0.25) is 0 Å². The van der Waals surface area contributed by atoms with Crippen LogP contribution in [0.1, 0.15) is 6.42 Å². The molecule has 2 aliphatic carbocycles. The van der Waals surface area contributed by atoms with Crippen molar-refractivity contribution < 1.29 is 24.9 Å². The standard InChI is InChI=1S/C6H4.C4H6O5/c1-2-5-4-6(5)3-1;5-2(4(8)9)1-3(6)7/h1-4H;2,5H,1H2,(H,6,7)(H,8,9). The van der Waals surface area contributed by atoms with Gasteiger partial charge in [0.15, 0.2) is 6.10 Å². The second-order valence-corrected chi connectivity index (χ2v) is 3.03. The lowest BCUT2D eigenvalue weighted by atomic mass is 10.3. The smallest absolute Gasteiger partial charge is 0.333 e. The van der Waals surface area contributed by atoms with E-state index in [1.165, 1.54) is 11.1 Å². The fourth-order valence-corrected chi connectivity index (χ4v) is 0.928. The lowest BCUT2D eigenvalue weighted by molar-refractivity contribution is -0.152. The maximum absolute atomic E-state index is 9.72. The van der Waals surface area contributed by atoms with Crippen molar-refractivity contribution in [2.24, 2.45) is 0 Å². The zero-order chi connectivity index (χ0) is 11.4. The summed E-state index contributed by atoms with van der Waals surface area (Å²) in [5.74, 6) is -2.85. The van der Waals surface area contributed by atoms with Crippen molar-refractivity contribution in [3.63, 3.8) is 0 Å². The molecule has 0 saturated carbocycles. The van der Waals surface area contributed by atoms with E-state index in [9.17, 15) is 9.59 Å². The number of aliphatic hydroxyl groups excluding tert-OH is 1. The highest BCUT2D eigenvalue weighted by Crippen LogP contribution is 2.32. The highest BCUT2D eigenvalue weighted by Gasteiger charge is 2.16. The van der Waals surface area contributed by atoms with Crippen molar-refractivity contribution in [2.45, 2.75) is 12.5 Å². The van der Waals surface area contributed by atoms with Gasteiger partial charge in [0.25, 0.3) is 0 Å². The van der Waals surface area contributed by atoms with Crippen LogP contribution in [0, 0.1) is 0 Å². The molecule has 0 bridgehead atoms. The third-order valence-corrected chi connectivity index (χ3v) is 1.77. The molecule has 5 heteroatoms. The summed E-state index contributed by atoms with van der Waals surface area (Å²) in [5, 5.41) is 24.1. The predicted molar refractivity (Wildman–Crippen MR) is 51.3 cm³/mol. The third-order valence-electron chi connectivity index (χ3n) is 1.77. The van der Waals surface area contributed by atoms with Gasteiger partial charge in [-0.1, -0.05) is 18.2 Å². The molecule has 2 aliphatic rings. The normalized spacial score (nSPS) is 12.1. The van der Waals surface area contributed by atoms with E-state index in [-0.39, 0.29) is 0 Å². The van der Waals surface area contributed by atoms with Crippen LogP contribution >= 0.6 is 0 Å². The number of fused-ring (bicyclic) bond motifs is 1. The van der Waals surface area contributed by atoms with E-state index < -0.39 is 24.5 Å². The van der Waals surface area contributed by atoms with Gasteiger partial charge in [-0.2, -0.15) is 0 Å². The zero-order valence-electron chi connectivity index (χ0n) is 7.75. The first-order valence-corrected chi connectivity index (χ1v) is 4.24. The second-order valence-electron chi connectivity index (χ2n) is 3.03. The van der Waals surface area contributed by atoms with Gasteiger partial charge in [-0.3, -0.25) is 4.79 Å². The van der Waals surface area contributed by atoms with Gasteiger partial charge >= 0.3 is 11.9 Å². The van der Waals surface area contributed by atoms with Crippen LogP contribution in [0.15, 0.2) is 24.3 Å². The monoisotopic (exact) mass is 210 g/mol. The number of carboxylic acids is 2. The number of carbonyl (C=O) groups is 2. The van der Waals surface area contributed by atoms with Gasteiger partial charge in [0.05, 0.1) is 6.42 Å². The summed E-state index contributed by atoms with van der Waals surface area (Å²) in [6, 6.07) is 8.48. The predicted octanol–water partition coefficient (Wildman–Crippen LogP) is 0.574. The second kappa shape index (κ2) is 4.56. The highest BCUT2D eigenvalue weighted by atomic mass is 16.4. The summed E-state index contributed by atoms with van der Waals surface area (Å²) in [6.45, 7) is 0. The molecule has 0 aromatic carbocycles. The molecule has 2 rings (SSSR count). The Labute approximate surface area is 85.6 Å². The van der Waals surface area contributed by atoms with Gasteiger partial charge in [0.2, 0.25) is 0 Å². The SMILES string of the molecule is O=C(O)CC(O)C(=O)O.c1cc2cc-2c1. The first-order valence-electron chi connectivity index (χ1n) is 4.24. The molecule has 15 heavy (non-hydrogen) atoms. The molecular formula is C10H10O5.